The van der Waals surface area contributed by atoms with Crippen LogP contribution in [0, 0.1) is 5.82 Å². The molecule has 0 aliphatic rings. The van der Waals surface area contributed by atoms with Crippen molar-refractivity contribution >= 4 is 17.4 Å². The number of hydrogen-bond donors (Lipinski definition) is 1. The van der Waals surface area contributed by atoms with Gasteiger partial charge < -0.3 is 5.73 Å². The van der Waals surface area contributed by atoms with E-state index in [2.05, 4.69) is 0 Å². The van der Waals surface area contributed by atoms with Crippen molar-refractivity contribution in [1.82, 2.24) is 0 Å². The van der Waals surface area contributed by atoms with E-state index in [4.69, 9.17) is 17.3 Å². The van der Waals surface area contributed by atoms with E-state index in [0.29, 0.717) is 10.6 Å². The lowest BCUT2D eigenvalue weighted by Gasteiger charge is -2.12. The minimum atomic E-state index is -0.577. The SMILES string of the molecule is CC(=O)C(CN)c1ccc(Cl)cc1F. The maximum atomic E-state index is 13.4. The molecule has 0 fully saturated rings. The van der Waals surface area contributed by atoms with E-state index >= 15 is 0 Å². The predicted molar refractivity (Wildman–Crippen MR) is 53.9 cm³/mol. The third kappa shape index (κ3) is 2.30. The van der Waals surface area contributed by atoms with Gasteiger partial charge in [-0.25, -0.2) is 4.39 Å². The number of ketones is 1. The van der Waals surface area contributed by atoms with Gasteiger partial charge in [-0.2, -0.15) is 0 Å². The minimum absolute atomic E-state index is 0.105. The van der Waals surface area contributed by atoms with Crippen molar-refractivity contribution in [2.24, 2.45) is 5.73 Å². The van der Waals surface area contributed by atoms with Crippen LogP contribution in [0.3, 0.4) is 0 Å². The molecule has 0 saturated heterocycles. The highest BCUT2D eigenvalue weighted by Gasteiger charge is 2.18. The van der Waals surface area contributed by atoms with E-state index in [1.165, 1.54) is 19.1 Å². The third-order valence-corrected chi connectivity index (χ3v) is 2.30. The molecule has 2 nitrogen and oxygen atoms in total. The Morgan fingerprint density at radius 1 is 1.64 bits per heavy atom. The van der Waals surface area contributed by atoms with Gasteiger partial charge in [-0.05, 0) is 24.6 Å². The van der Waals surface area contributed by atoms with E-state index in [9.17, 15) is 9.18 Å². The van der Waals surface area contributed by atoms with Crippen molar-refractivity contribution in [2.45, 2.75) is 12.8 Å². The van der Waals surface area contributed by atoms with E-state index in [1.54, 1.807) is 6.07 Å². The standard InChI is InChI=1S/C10H11ClFNO/c1-6(14)9(5-13)8-3-2-7(11)4-10(8)12/h2-4,9H,5,13H2,1H3. The molecular weight excluding hydrogens is 205 g/mol. The van der Waals surface area contributed by atoms with Crippen LogP contribution in [-0.2, 0) is 4.79 Å². The van der Waals surface area contributed by atoms with Gasteiger partial charge in [0.25, 0.3) is 0 Å². The summed E-state index contributed by atoms with van der Waals surface area (Å²) in [4.78, 5) is 11.1. The molecule has 0 aliphatic carbocycles. The Balaban J connectivity index is 3.10. The highest BCUT2D eigenvalue weighted by atomic mass is 35.5. The zero-order valence-corrected chi connectivity index (χ0v) is 8.51. The Bertz CT molecular complexity index is 354. The van der Waals surface area contributed by atoms with Crippen molar-refractivity contribution in [2.75, 3.05) is 6.54 Å². The molecule has 14 heavy (non-hydrogen) atoms. The van der Waals surface area contributed by atoms with Gasteiger partial charge in [0, 0.05) is 11.6 Å². The van der Waals surface area contributed by atoms with Gasteiger partial charge in [0.1, 0.15) is 11.6 Å². The number of carbonyl (C=O) groups is 1. The molecule has 0 radical (unpaired) electrons. The van der Waals surface area contributed by atoms with Crippen molar-refractivity contribution < 1.29 is 9.18 Å². The molecule has 0 heterocycles. The fourth-order valence-corrected chi connectivity index (χ4v) is 1.45. The number of halogens is 2. The quantitative estimate of drug-likeness (QED) is 0.839. The first kappa shape index (κ1) is 11.1. The molecule has 76 valence electrons. The lowest BCUT2D eigenvalue weighted by atomic mass is 9.95. The third-order valence-electron chi connectivity index (χ3n) is 2.06. The molecule has 0 bridgehead atoms. The lowest BCUT2D eigenvalue weighted by molar-refractivity contribution is -0.118. The summed E-state index contributed by atoms with van der Waals surface area (Å²) in [5.41, 5.74) is 5.70. The normalized spacial score (nSPS) is 12.6. The van der Waals surface area contributed by atoms with E-state index in [0.717, 1.165) is 0 Å². The van der Waals surface area contributed by atoms with Crippen LogP contribution in [0.25, 0.3) is 0 Å². The molecular formula is C10H11ClFNO. The largest absolute Gasteiger partial charge is 0.329 e. The number of carbonyl (C=O) groups excluding carboxylic acids is 1. The van der Waals surface area contributed by atoms with Gasteiger partial charge in [0.2, 0.25) is 0 Å². The molecule has 2 N–H and O–H groups in total. The first-order chi connectivity index (χ1) is 6.56. The summed E-state index contributed by atoms with van der Waals surface area (Å²) >= 11 is 5.59. The van der Waals surface area contributed by atoms with Crippen LogP contribution in [0.5, 0.6) is 0 Å². The van der Waals surface area contributed by atoms with Gasteiger partial charge in [0.05, 0.1) is 5.92 Å². The van der Waals surface area contributed by atoms with Crippen LogP contribution in [0.15, 0.2) is 18.2 Å². The number of hydrogen-bond acceptors (Lipinski definition) is 2. The summed E-state index contributed by atoms with van der Waals surface area (Å²) < 4.78 is 13.4. The Labute approximate surface area is 86.9 Å². The molecule has 4 heteroatoms. The molecule has 1 rings (SSSR count). The molecule has 0 aliphatic heterocycles. The summed E-state index contributed by atoms with van der Waals surface area (Å²) in [6, 6.07) is 4.23. The van der Waals surface area contributed by atoms with Crippen molar-refractivity contribution in [3.05, 3.63) is 34.6 Å². The number of nitrogens with two attached hydrogens (primary N) is 1. The Kier molecular flexibility index (Phi) is 3.61. The topological polar surface area (TPSA) is 43.1 Å². The van der Waals surface area contributed by atoms with Gasteiger partial charge in [0.15, 0.2) is 0 Å². The summed E-state index contributed by atoms with van der Waals surface area (Å²) in [6.45, 7) is 1.50. The number of Topliss-reactive ketones (excluding diaryl/α,β-unsaturated/α-hetero) is 1. The fraction of sp³-hybridized carbons (Fsp3) is 0.300. The van der Waals surface area contributed by atoms with Gasteiger partial charge in [-0.1, -0.05) is 17.7 Å². The smallest absolute Gasteiger partial charge is 0.138 e. The average molecular weight is 216 g/mol. The average Bonchev–Trinajstić information content (AvgIpc) is 2.09. The summed E-state index contributed by atoms with van der Waals surface area (Å²) in [5.74, 6) is -1.20. The van der Waals surface area contributed by atoms with Crippen LogP contribution in [-0.4, -0.2) is 12.3 Å². The number of benzene rings is 1. The first-order valence-electron chi connectivity index (χ1n) is 4.21. The second kappa shape index (κ2) is 4.53. The zero-order chi connectivity index (χ0) is 10.7. The molecule has 1 atom stereocenters. The predicted octanol–water partition coefficient (Wildman–Crippen LogP) is 2.11. The minimum Gasteiger partial charge on any atom is -0.329 e. The molecule has 1 aromatic carbocycles. The summed E-state index contributed by atoms with van der Waals surface area (Å²) in [5, 5.41) is 0.311. The fourth-order valence-electron chi connectivity index (χ4n) is 1.30. The maximum absolute atomic E-state index is 13.4. The van der Waals surface area contributed by atoms with Gasteiger partial charge in [-0.3, -0.25) is 4.79 Å². The summed E-state index contributed by atoms with van der Waals surface area (Å²) in [6.07, 6.45) is 0. The Hall–Kier alpha value is -0.930. The van der Waals surface area contributed by atoms with Gasteiger partial charge >= 0.3 is 0 Å². The first-order valence-corrected chi connectivity index (χ1v) is 4.59. The van der Waals surface area contributed by atoms with Gasteiger partial charge in [-0.15, -0.1) is 0 Å². The highest BCUT2D eigenvalue weighted by Crippen LogP contribution is 2.22. The van der Waals surface area contributed by atoms with E-state index in [1.807, 2.05) is 0 Å². The molecule has 0 saturated carbocycles. The molecule has 0 aromatic heterocycles. The lowest BCUT2D eigenvalue weighted by Crippen LogP contribution is -2.20. The second-order valence-corrected chi connectivity index (χ2v) is 3.50. The summed E-state index contributed by atoms with van der Waals surface area (Å²) in [7, 11) is 0. The van der Waals surface area contributed by atoms with Crippen molar-refractivity contribution in [3.63, 3.8) is 0 Å². The van der Waals surface area contributed by atoms with Crippen LogP contribution in [0.2, 0.25) is 5.02 Å². The molecule has 0 amide bonds. The highest BCUT2D eigenvalue weighted by molar-refractivity contribution is 6.30. The maximum Gasteiger partial charge on any atom is 0.138 e. The monoisotopic (exact) mass is 215 g/mol. The number of rotatable bonds is 3. The Morgan fingerprint density at radius 2 is 2.29 bits per heavy atom. The van der Waals surface area contributed by atoms with E-state index in [-0.39, 0.29) is 12.3 Å². The Morgan fingerprint density at radius 3 is 2.71 bits per heavy atom. The zero-order valence-electron chi connectivity index (χ0n) is 7.76. The molecule has 1 aromatic rings. The van der Waals surface area contributed by atoms with E-state index < -0.39 is 11.7 Å². The van der Waals surface area contributed by atoms with Crippen LogP contribution < -0.4 is 5.73 Å². The van der Waals surface area contributed by atoms with Crippen LogP contribution in [0.1, 0.15) is 18.4 Å². The second-order valence-electron chi connectivity index (χ2n) is 3.06. The van der Waals surface area contributed by atoms with Crippen LogP contribution in [0.4, 0.5) is 4.39 Å². The molecule has 0 spiro atoms. The van der Waals surface area contributed by atoms with Crippen molar-refractivity contribution in [3.8, 4) is 0 Å². The van der Waals surface area contributed by atoms with Crippen LogP contribution >= 0.6 is 11.6 Å². The van der Waals surface area contributed by atoms with Crippen molar-refractivity contribution in [1.29, 1.82) is 0 Å². The molecule has 1 unspecified atom stereocenters.